The standard InChI is InChI=1S/C18H26O7/c1-12-4-6-15(20)7-10-17(21)24-13(2)5-8-16(25-14(3)19)9-11-18(22)23-12/h7,9-13,15-16,20H,4-6,8H2,1-3H3. The molecule has 4 atom stereocenters. The Hall–Kier alpha value is -2.15. The van der Waals surface area contributed by atoms with Crippen LogP contribution in [0.1, 0.15) is 46.5 Å². The molecule has 0 bridgehead atoms. The quantitative estimate of drug-likeness (QED) is 0.566. The minimum atomic E-state index is -0.819. The van der Waals surface area contributed by atoms with E-state index in [2.05, 4.69) is 0 Å². The van der Waals surface area contributed by atoms with Crippen LogP contribution in [-0.2, 0) is 28.6 Å². The Labute approximate surface area is 147 Å². The highest BCUT2D eigenvalue weighted by molar-refractivity contribution is 5.82. The van der Waals surface area contributed by atoms with Gasteiger partial charge in [0.1, 0.15) is 6.10 Å². The van der Waals surface area contributed by atoms with E-state index in [1.807, 2.05) is 0 Å². The number of hydrogen-bond acceptors (Lipinski definition) is 7. The molecule has 1 heterocycles. The molecule has 7 heteroatoms. The van der Waals surface area contributed by atoms with Crippen LogP contribution in [0.25, 0.3) is 0 Å². The Kier molecular flexibility index (Phi) is 8.91. The van der Waals surface area contributed by atoms with Gasteiger partial charge in [-0.15, -0.1) is 0 Å². The molecule has 140 valence electrons. The number of esters is 3. The summed E-state index contributed by atoms with van der Waals surface area (Å²) in [5.41, 5.74) is 0. The van der Waals surface area contributed by atoms with Gasteiger partial charge in [-0.25, -0.2) is 9.59 Å². The number of aliphatic hydroxyl groups excluding tert-OH is 1. The number of ether oxygens (including phenoxy) is 3. The molecule has 0 saturated heterocycles. The molecular formula is C18H26O7. The van der Waals surface area contributed by atoms with Crippen molar-refractivity contribution in [3.63, 3.8) is 0 Å². The lowest BCUT2D eigenvalue weighted by Crippen LogP contribution is -2.21. The molecular weight excluding hydrogens is 328 g/mol. The van der Waals surface area contributed by atoms with Gasteiger partial charge in [0.2, 0.25) is 0 Å². The van der Waals surface area contributed by atoms with Crippen molar-refractivity contribution in [3.05, 3.63) is 24.3 Å². The summed E-state index contributed by atoms with van der Waals surface area (Å²) in [6.07, 6.45) is 4.62. The van der Waals surface area contributed by atoms with Crippen molar-refractivity contribution in [3.8, 4) is 0 Å². The fourth-order valence-corrected chi connectivity index (χ4v) is 2.28. The first-order chi connectivity index (χ1) is 11.8. The monoisotopic (exact) mass is 354 g/mol. The Morgan fingerprint density at radius 1 is 1.00 bits per heavy atom. The molecule has 4 unspecified atom stereocenters. The lowest BCUT2D eigenvalue weighted by molar-refractivity contribution is -0.147. The van der Waals surface area contributed by atoms with Crippen LogP contribution >= 0.6 is 0 Å². The number of carbonyl (C=O) groups excluding carboxylic acids is 3. The van der Waals surface area contributed by atoms with Crippen LogP contribution in [0.3, 0.4) is 0 Å². The summed E-state index contributed by atoms with van der Waals surface area (Å²) in [6.45, 7) is 4.72. The van der Waals surface area contributed by atoms with Crippen molar-refractivity contribution >= 4 is 17.9 Å². The zero-order valence-corrected chi connectivity index (χ0v) is 14.8. The number of cyclic esters (lactones) is 2. The molecule has 0 aliphatic carbocycles. The molecule has 0 fully saturated rings. The normalized spacial score (nSPS) is 29.6. The van der Waals surface area contributed by atoms with E-state index in [0.29, 0.717) is 25.7 Å². The van der Waals surface area contributed by atoms with E-state index < -0.39 is 42.3 Å². The average Bonchev–Trinajstić information content (AvgIpc) is 2.52. The molecule has 7 nitrogen and oxygen atoms in total. The zero-order chi connectivity index (χ0) is 18.8. The van der Waals surface area contributed by atoms with Crippen LogP contribution in [0.5, 0.6) is 0 Å². The molecule has 0 saturated carbocycles. The third-order valence-corrected chi connectivity index (χ3v) is 3.58. The molecule has 1 rings (SSSR count). The first-order valence-corrected chi connectivity index (χ1v) is 8.39. The fraction of sp³-hybridized carbons (Fsp3) is 0.611. The minimum Gasteiger partial charge on any atom is -0.460 e. The van der Waals surface area contributed by atoms with E-state index >= 15 is 0 Å². The van der Waals surface area contributed by atoms with E-state index in [1.54, 1.807) is 13.8 Å². The first kappa shape index (κ1) is 20.9. The van der Waals surface area contributed by atoms with E-state index in [4.69, 9.17) is 14.2 Å². The summed E-state index contributed by atoms with van der Waals surface area (Å²) >= 11 is 0. The first-order valence-electron chi connectivity index (χ1n) is 8.39. The summed E-state index contributed by atoms with van der Waals surface area (Å²) in [5.74, 6) is -1.55. The lowest BCUT2D eigenvalue weighted by atomic mass is 10.1. The second-order valence-electron chi connectivity index (χ2n) is 6.08. The second-order valence-corrected chi connectivity index (χ2v) is 6.08. The number of rotatable bonds is 1. The molecule has 0 radical (unpaired) electrons. The minimum absolute atomic E-state index is 0.341. The van der Waals surface area contributed by atoms with Crippen molar-refractivity contribution in [2.45, 2.75) is 70.9 Å². The maximum Gasteiger partial charge on any atom is 0.330 e. The number of aliphatic hydroxyl groups is 1. The smallest absolute Gasteiger partial charge is 0.330 e. The highest BCUT2D eigenvalue weighted by atomic mass is 16.6. The number of hydrogen-bond donors (Lipinski definition) is 1. The molecule has 0 aromatic rings. The van der Waals surface area contributed by atoms with Gasteiger partial charge in [-0.2, -0.15) is 0 Å². The SMILES string of the molecule is CC(=O)OC1C=CC(=O)OC(C)CCC(O)C=CC(=O)OC(C)CC1. The lowest BCUT2D eigenvalue weighted by Gasteiger charge is -2.17. The molecule has 25 heavy (non-hydrogen) atoms. The summed E-state index contributed by atoms with van der Waals surface area (Å²) in [4.78, 5) is 34.7. The molecule has 0 aromatic heterocycles. The van der Waals surface area contributed by atoms with Gasteiger partial charge in [0.25, 0.3) is 0 Å². The third kappa shape index (κ3) is 9.66. The van der Waals surface area contributed by atoms with Gasteiger partial charge < -0.3 is 19.3 Å². The van der Waals surface area contributed by atoms with Gasteiger partial charge in [-0.3, -0.25) is 4.79 Å². The van der Waals surface area contributed by atoms with Gasteiger partial charge in [0.05, 0.1) is 18.3 Å². The van der Waals surface area contributed by atoms with Gasteiger partial charge in [-0.05, 0) is 51.7 Å². The summed E-state index contributed by atoms with van der Waals surface area (Å²) in [6, 6.07) is 0. The van der Waals surface area contributed by atoms with Crippen LogP contribution in [0.4, 0.5) is 0 Å². The van der Waals surface area contributed by atoms with E-state index in [-0.39, 0.29) is 0 Å². The van der Waals surface area contributed by atoms with E-state index in [1.165, 1.54) is 31.2 Å². The fourth-order valence-electron chi connectivity index (χ4n) is 2.28. The molecule has 0 aromatic carbocycles. The average molecular weight is 354 g/mol. The summed E-state index contributed by atoms with van der Waals surface area (Å²) in [7, 11) is 0. The van der Waals surface area contributed by atoms with Gasteiger partial charge >= 0.3 is 17.9 Å². The van der Waals surface area contributed by atoms with Crippen LogP contribution in [0.2, 0.25) is 0 Å². The largest absolute Gasteiger partial charge is 0.460 e. The van der Waals surface area contributed by atoms with Crippen molar-refractivity contribution in [2.24, 2.45) is 0 Å². The van der Waals surface area contributed by atoms with Crippen LogP contribution in [0.15, 0.2) is 24.3 Å². The predicted molar refractivity (Wildman–Crippen MR) is 89.4 cm³/mol. The predicted octanol–water partition coefficient (Wildman–Crippen LogP) is 1.83. The molecule has 0 amide bonds. The Bertz CT molecular complexity index is 524. The summed E-state index contributed by atoms with van der Waals surface area (Å²) in [5, 5.41) is 9.81. The summed E-state index contributed by atoms with van der Waals surface area (Å²) < 4.78 is 15.5. The Balaban J connectivity index is 2.83. The topological polar surface area (TPSA) is 99.1 Å². The number of carbonyl (C=O) groups is 3. The van der Waals surface area contributed by atoms with Crippen molar-refractivity contribution < 1.29 is 33.7 Å². The molecule has 1 aliphatic heterocycles. The molecule has 1 aliphatic rings. The maximum absolute atomic E-state index is 11.8. The van der Waals surface area contributed by atoms with Gasteiger partial charge in [0.15, 0.2) is 0 Å². The van der Waals surface area contributed by atoms with Crippen LogP contribution in [0, 0.1) is 0 Å². The van der Waals surface area contributed by atoms with Gasteiger partial charge in [-0.1, -0.05) is 0 Å². The highest BCUT2D eigenvalue weighted by Gasteiger charge is 2.16. The molecule has 0 spiro atoms. The van der Waals surface area contributed by atoms with E-state index in [0.717, 1.165) is 0 Å². The van der Waals surface area contributed by atoms with Gasteiger partial charge in [0, 0.05) is 19.1 Å². The van der Waals surface area contributed by atoms with Crippen LogP contribution < -0.4 is 0 Å². The maximum atomic E-state index is 11.8. The zero-order valence-electron chi connectivity index (χ0n) is 14.8. The Morgan fingerprint density at radius 3 is 2.08 bits per heavy atom. The second kappa shape index (κ2) is 10.7. The third-order valence-electron chi connectivity index (χ3n) is 3.58. The van der Waals surface area contributed by atoms with Crippen LogP contribution in [-0.4, -0.2) is 47.4 Å². The highest BCUT2D eigenvalue weighted by Crippen LogP contribution is 2.12. The Morgan fingerprint density at radius 2 is 1.52 bits per heavy atom. The van der Waals surface area contributed by atoms with E-state index in [9.17, 15) is 19.5 Å². The van der Waals surface area contributed by atoms with Crippen molar-refractivity contribution in [1.29, 1.82) is 0 Å². The van der Waals surface area contributed by atoms with Crippen molar-refractivity contribution in [2.75, 3.05) is 0 Å². The molecule has 1 N–H and O–H groups in total. The van der Waals surface area contributed by atoms with Crippen molar-refractivity contribution in [1.82, 2.24) is 0 Å².